The van der Waals surface area contributed by atoms with Gasteiger partial charge in [0.25, 0.3) is 0 Å². The lowest BCUT2D eigenvalue weighted by atomic mass is 9.86. The number of fused-ring (bicyclic) bond motifs is 1. The third-order valence-corrected chi connectivity index (χ3v) is 8.62. The summed E-state index contributed by atoms with van der Waals surface area (Å²) in [7, 11) is 1.53. The average Bonchev–Trinajstić information content (AvgIpc) is 3.60. The number of carboxylic acids is 1. The van der Waals surface area contributed by atoms with Crippen molar-refractivity contribution in [2.24, 2.45) is 11.3 Å². The SMILES string of the molecule is COc1ccc(F)c(N2CC(C)(C)c3cc(F)c(COc4cc5c(cn4)C4C6C5C46C(=O)O)cc32)c1. The molecule has 8 heteroatoms. The summed E-state index contributed by atoms with van der Waals surface area (Å²) in [6.45, 7) is 4.44. The summed E-state index contributed by atoms with van der Waals surface area (Å²) < 4.78 is 41.2. The molecule has 0 spiro atoms. The van der Waals surface area contributed by atoms with Crippen molar-refractivity contribution in [1.82, 2.24) is 4.98 Å². The Morgan fingerprint density at radius 3 is 2.61 bits per heavy atom. The van der Waals surface area contributed by atoms with Crippen molar-refractivity contribution in [2.45, 2.75) is 37.7 Å². The predicted molar refractivity (Wildman–Crippen MR) is 127 cm³/mol. The first-order valence-corrected chi connectivity index (χ1v) is 12.0. The van der Waals surface area contributed by atoms with Gasteiger partial charge in [-0.25, -0.2) is 13.8 Å². The van der Waals surface area contributed by atoms with Crippen molar-refractivity contribution in [3.05, 3.63) is 76.5 Å². The molecular weight excluding hydrogens is 466 g/mol. The minimum Gasteiger partial charge on any atom is -0.497 e. The van der Waals surface area contributed by atoms with E-state index in [1.807, 2.05) is 18.7 Å². The van der Waals surface area contributed by atoms with Gasteiger partial charge in [-0.15, -0.1) is 0 Å². The van der Waals surface area contributed by atoms with Crippen LogP contribution < -0.4 is 14.4 Å². The fraction of sp³-hybridized carbons (Fsp3) is 0.357. The normalized spacial score (nSPS) is 27.2. The van der Waals surface area contributed by atoms with Crippen LogP contribution in [-0.4, -0.2) is 29.7 Å². The highest BCUT2D eigenvalue weighted by Crippen LogP contribution is 2.96. The first kappa shape index (κ1) is 21.6. The number of anilines is 2. The van der Waals surface area contributed by atoms with Gasteiger partial charge >= 0.3 is 5.97 Å². The van der Waals surface area contributed by atoms with Gasteiger partial charge < -0.3 is 19.5 Å². The highest BCUT2D eigenvalue weighted by atomic mass is 19.1. The number of carboxylic acid groups (broad SMARTS) is 1. The van der Waals surface area contributed by atoms with Gasteiger partial charge in [-0.3, -0.25) is 4.79 Å². The van der Waals surface area contributed by atoms with E-state index in [0.29, 0.717) is 29.4 Å². The molecule has 184 valence electrons. The van der Waals surface area contributed by atoms with Crippen LogP contribution in [0.5, 0.6) is 11.6 Å². The molecule has 2 heterocycles. The Bertz CT molecular complexity index is 1490. The standard InChI is InChI=1S/C28H24F2N2O4/c1-27(2)12-32(21-7-14(35-3)4-5-18(21)29)20-6-13(19(30)9-17(20)27)11-36-22-8-15-16(10-31-22)24-25-23(15)28(24,25)26(33)34/h4-10,23-25H,11-12H2,1-3H3,(H,33,34). The molecule has 5 aliphatic rings. The number of rotatable bonds is 6. The molecule has 0 radical (unpaired) electrons. The van der Waals surface area contributed by atoms with Gasteiger partial charge in [0.1, 0.15) is 24.0 Å². The van der Waals surface area contributed by atoms with Crippen LogP contribution in [0.25, 0.3) is 0 Å². The Hall–Kier alpha value is -3.68. The smallest absolute Gasteiger partial charge is 0.311 e. The molecule has 36 heavy (non-hydrogen) atoms. The van der Waals surface area contributed by atoms with E-state index in [1.54, 1.807) is 30.5 Å². The van der Waals surface area contributed by atoms with Crippen LogP contribution in [0.15, 0.2) is 42.6 Å². The quantitative estimate of drug-likeness (QED) is 0.508. The number of nitrogens with zero attached hydrogens (tertiary/aromatic N) is 2. The Kier molecular flexibility index (Phi) is 4.05. The zero-order chi connectivity index (χ0) is 25.1. The molecule has 4 aliphatic carbocycles. The fourth-order valence-corrected chi connectivity index (χ4v) is 6.76. The van der Waals surface area contributed by atoms with E-state index in [9.17, 15) is 14.3 Å². The van der Waals surface area contributed by atoms with E-state index < -0.39 is 22.6 Å². The van der Waals surface area contributed by atoms with Crippen molar-refractivity contribution in [3.63, 3.8) is 0 Å². The highest BCUT2D eigenvalue weighted by Gasteiger charge is 2.95. The van der Waals surface area contributed by atoms with Gasteiger partial charge in [0.05, 0.1) is 18.2 Å². The van der Waals surface area contributed by atoms with E-state index >= 15 is 4.39 Å². The van der Waals surface area contributed by atoms with Crippen LogP contribution in [0.1, 0.15) is 47.9 Å². The van der Waals surface area contributed by atoms with Gasteiger partial charge in [0, 0.05) is 53.4 Å². The zero-order valence-electron chi connectivity index (χ0n) is 20.0. The second kappa shape index (κ2) is 6.75. The van der Waals surface area contributed by atoms with Gasteiger partial charge in [-0.05, 0) is 46.9 Å². The molecule has 3 aromatic rings. The minimum atomic E-state index is -0.735. The van der Waals surface area contributed by atoms with Crippen LogP contribution >= 0.6 is 0 Å². The van der Waals surface area contributed by atoms with Gasteiger partial charge in [0.15, 0.2) is 0 Å². The van der Waals surface area contributed by atoms with Crippen LogP contribution in [-0.2, 0) is 16.8 Å². The lowest BCUT2D eigenvalue weighted by Crippen LogP contribution is -2.25. The molecule has 0 amide bonds. The number of benzene rings is 2. The Balaban J connectivity index is 1.18. The Labute approximate surface area is 206 Å². The molecule has 1 N–H and O–H groups in total. The average molecular weight is 491 g/mol. The molecule has 2 aromatic carbocycles. The fourth-order valence-electron chi connectivity index (χ4n) is 6.76. The van der Waals surface area contributed by atoms with Crippen LogP contribution in [0.4, 0.5) is 20.2 Å². The van der Waals surface area contributed by atoms with Crippen LogP contribution in [0.2, 0.25) is 0 Å². The van der Waals surface area contributed by atoms with Gasteiger partial charge in [-0.1, -0.05) is 13.8 Å². The molecule has 2 saturated carbocycles. The van der Waals surface area contributed by atoms with Crippen molar-refractivity contribution >= 4 is 17.3 Å². The topological polar surface area (TPSA) is 71.9 Å². The molecule has 4 atom stereocenters. The summed E-state index contributed by atoms with van der Waals surface area (Å²) in [5.74, 6) is -0.310. The Morgan fingerprint density at radius 2 is 1.89 bits per heavy atom. The first-order chi connectivity index (χ1) is 17.2. The summed E-state index contributed by atoms with van der Waals surface area (Å²) in [6.07, 6.45) is 1.70. The number of pyridine rings is 1. The largest absolute Gasteiger partial charge is 0.497 e. The molecule has 0 saturated heterocycles. The lowest BCUT2D eigenvalue weighted by molar-refractivity contribution is -0.141. The van der Waals surface area contributed by atoms with Crippen molar-refractivity contribution in [3.8, 4) is 11.6 Å². The summed E-state index contributed by atoms with van der Waals surface area (Å²) in [6, 6.07) is 9.61. The number of carbonyl (C=O) groups is 1. The van der Waals surface area contributed by atoms with E-state index in [1.165, 1.54) is 19.2 Å². The van der Waals surface area contributed by atoms with E-state index in [-0.39, 0.29) is 30.2 Å². The maximum Gasteiger partial charge on any atom is 0.311 e. The molecule has 8 rings (SSSR count). The number of aromatic nitrogens is 1. The number of hydrogen-bond acceptors (Lipinski definition) is 5. The van der Waals surface area contributed by atoms with Gasteiger partial charge in [-0.2, -0.15) is 0 Å². The molecule has 2 bridgehead atoms. The maximum absolute atomic E-state index is 15.2. The molecule has 4 unspecified atom stereocenters. The number of methoxy groups -OCH3 is 1. The van der Waals surface area contributed by atoms with E-state index in [4.69, 9.17) is 9.47 Å². The predicted octanol–water partition coefficient (Wildman–Crippen LogP) is 5.27. The lowest BCUT2D eigenvalue weighted by Gasteiger charge is -2.23. The number of halogens is 2. The summed E-state index contributed by atoms with van der Waals surface area (Å²) >= 11 is 0. The minimum absolute atomic E-state index is 0.0469. The summed E-state index contributed by atoms with van der Waals surface area (Å²) in [5, 5.41) is 9.60. The van der Waals surface area contributed by atoms with E-state index in [0.717, 1.165) is 22.4 Å². The highest BCUT2D eigenvalue weighted by molar-refractivity contribution is 5.93. The molecule has 1 aromatic heterocycles. The number of ether oxygens (including phenoxy) is 2. The van der Waals surface area contributed by atoms with Crippen LogP contribution in [0.3, 0.4) is 0 Å². The third-order valence-electron chi connectivity index (χ3n) is 8.62. The molecular formula is C28H24F2N2O4. The van der Waals surface area contributed by atoms with Crippen LogP contribution in [0, 0.1) is 23.0 Å². The van der Waals surface area contributed by atoms with Crippen molar-refractivity contribution in [1.29, 1.82) is 0 Å². The number of hydrogen-bond donors (Lipinski definition) is 1. The monoisotopic (exact) mass is 490 g/mol. The summed E-state index contributed by atoms with van der Waals surface area (Å²) in [4.78, 5) is 17.9. The Morgan fingerprint density at radius 1 is 1.11 bits per heavy atom. The van der Waals surface area contributed by atoms with Crippen molar-refractivity contribution < 1.29 is 28.2 Å². The maximum atomic E-state index is 15.2. The summed E-state index contributed by atoms with van der Waals surface area (Å²) in [5.41, 5.74) is 3.21. The van der Waals surface area contributed by atoms with Crippen molar-refractivity contribution in [2.75, 3.05) is 18.6 Å². The number of aliphatic carboxylic acids is 1. The third kappa shape index (κ3) is 2.59. The van der Waals surface area contributed by atoms with E-state index in [2.05, 4.69) is 4.98 Å². The second-order valence-electron chi connectivity index (χ2n) is 10.9. The molecule has 1 aliphatic heterocycles. The molecule has 2 fully saturated rings. The second-order valence-corrected chi connectivity index (χ2v) is 10.9. The van der Waals surface area contributed by atoms with Gasteiger partial charge in [0.2, 0.25) is 5.88 Å². The molecule has 6 nitrogen and oxygen atoms in total. The first-order valence-electron chi connectivity index (χ1n) is 12.0. The zero-order valence-corrected chi connectivity index (χ0v) is 20.0.